The van der Waals surface area contributed by atoms with Crippen molar-refractivity contribution in [3.05, 3.63) is 29.2 Å². The van der Waals surface area contributed by atoms with Gasteiger partial charge in [-0.2, -0.15) is 9.97 Å². The van der Waals surface area contributed by atoms with E-state index in [-0.39, 0.29) is 5.95 Å². The Bertz CT molecular complexity index is 650. The molecule has 0 fully saturated rings. The van der Waals surface area contributed by atoms with E-state index < -0.39 is 0 Å². The van der Waals surface area contributed by atoms with Crippen molar-refractivity contribution in [2.45, 2.75) is 46.0 Å². The Kier molecular flexibility index (Phi) is 5.20. The van der Waals surface area contributed by atoms with Gasteiger partial charge in [0.25, 0.3) is 0 Å². The van der Waals surface area contributed by atoms with Gasteiger partial charge >= 0.3 is 0 Å². The zero-order valence-corrected chi connectivity index (χ0v) is 13.8. The summed E-state index contributed by atoms with van der Waals surface area (Å²) in [5, 5.41) is 3.29. The fourth-order valence-corrected chi connectivity index (χ4v) is 2.78. The molecule has 1 aliphatic rings. The topological polar surface area (TPSA) is 128 Å². The van der Waals surface area contributed by atoms with Gasteiger partial charge < -0.3 is 22.5 Å². The predicted molar refractivity (Wildman–Crippen MR) is 95.5 cm³/mol. The molecule has 0 amide bonds. The van der Waals surface area contributed by atoms with Crippen molar-refractivity contribution >= 4 is 23.3 Å². The van der Waals surface area contributed by atoms with E-state index in [4.69, 9.17) is 17.2 Å². The standard InChI is InChI=1S/C16H25N7/c1-4-6-13-10(12(5-2)20-9(3)21-13)7-8-11-14(17)22-16(19)23-15(11)18/h21H,3-8H2,1-2H3,(H6,17,18,19,22,23). The van der Waals surface area contributed by atoms with Gasteiger partial charge in [-0.25, -0.2) is 4.99 Å². The van der Waals surface area contributed by atoms with Crippen LogP contribution in [-0.4, -0.2) is 15.7 Å². The van der Waals surface area contributed by atoms with E-state index >= 15 is 0 Å². The summed E-state index contributed by atoms with van der Waals surface area (Å²) in [6, 6.07) is 0. The fraction of sp³-hybridized carbons (Fsp3) is 0.438. The number of nitrogen functional groups attached to an aromatic ring is 3. The first kappa shape index (κ1) is 16.8. The third kappa shape index (κ3) is 3.80. The summed E-state index contributed by atoms with van der Waals surface area (Å²) in [5.74, 6) is 1.48. The van der Waals surface area contributed by atoms with E-state index in [1.165, 1.54) is 11.3 Å². The van der Waals surface area contributed by atoms with Gasteiger partial charge in [0.05, 0.1) is 0 Å². The summed E-state index contributed by atoms with van der Waals surface area (Å²) >= 11 is 0. The second-order valence-corrected chi connectivity index (χ2v) is 5.52. The Hall–Kier alpha value is -2.57. The number of rotatable bonds is 6. The average molecular weight is 315 g/mol. The van der Waals surface area contributed by atoms with Crippen LogP contribution < -0.4 is 22.5 Å². The molecule has 0 unspecified atom stereocenters. The fourth-order valence-electron chi connectivity index (χ4n) is 2.78. The highest BCUT2D eigenvalue weighted by molar-refractivity contribution is 6.02. The molecule has 2 rings (SSSR count). The van der Waals surface area contributed by atoms with Gasteiger partial charge in [-0.3, -0.25) is 0 Å². The molecule has 124 valence electrons. The largest absolute Gasteiger partial charge is 0.383 e. The number of allylic oxidation sites excluding steroid dienone is 2. The molecule has 23 heavy (non-hydrogen) atoms. The summed E-state index contributed by atoms with van der Waals surface area (Å²) in [6.07, 6.45) is 4.27. The minimum Gasteiger partial charge on any atom is -0.383 e. The first-order valence-corrected chi connectivity index (χ1v) is 7.89. The van der Waals surface area contributed by atoms with Gasteiger partial charge in [-0.1, -0.05) is 26.8 Å². The van der Waals surface area contributed by atoms with Crippen LogP contribution >= 0.6 is 0 Å². The lowest BCUT2D eigenvalue weighted by Crippen LogP contribution is -2.23. The molecule has 0 saturated heterocycles. The molecule has 0 radical (unpaired) electrons. The molecule has 1 aromatic heterocycles. The molecular weight excluding hydrogens is 290 g/mol. The summed E-state index contributed by atoms with van der Waals surface area (Å²) in [4.78, 5) is 12.5. The van der Waals surface area contributed by atoms with E-state index in [0.717, 1.165) is 37.0 Å². The van der Waals surface area contributed by atoms with Crippen molar-refractivity contribution in [1.29, 1.82) is 0 Å². The van der Waals surface area contributed by atoms with E-state index in [2.05, 4.69) is 40.7 Å². The highest BCUT2D eigenvalue weighted by Gasteiger charge is 2.19. The van der Waals surface area contributed by atoms with Crippen molar-refractivity contribution < 1.29 is 0 Å². The summed E-state index contributed by atoms with van der Waals surface area (Å²) < 4.78 is 0. The number of nitrogens with one attached hydrogen (secondary N) is 1. The Labute approximate surface area is 136 Å². The number of nitrogens with zero attached hydrogens (tertiary/aromatic N) is 3. The molecule has 2 heterocycles. The third-order valence-corrected chi connectivity index (χ3v) is 3.83. The van der Waals surface area contributed by atoms with Crippen molar-refractivity contribution in [3.8, 4) is 0 Å². The Morgan fingerprint density at radius 1 is 1.00 bits per heavy atom. The van der Waals surface area contributed by atoms with Crippen LogP contribution in [-0.2, 0) is 6.42 Å². The number of anilines is 3. The van der Waals surface area contributed by atoms with Gasteiger partial charge in [-0.05, 0) is 31.3 Å². The number of aliphatic imine (C=N–C) groups is 1. The van der Waals surface area contributed by atoms with Crippen LogP contribution in [0.2, 0.25) is 0 Å². The molecule has 1 aromatic rings. The van der Waals surface area contributed by atoms with Crippen molar-refractivity contribution in [2.24, 2.45) is 4.99 Å². The maximum absolute atomic E-state index is 5.93. The SMILES string of the molecule is C=C1N=C(CC)C(CCc2c(N)nc(N)nc2N)=C(CCC)N1. The third-order valence-electron chi connectivity index (χ3n) is 3.83. The van der Waals surface area contributed by atoms with E-state index in [9.17, 15) is 0 Å². The number of hydrogen-bond acceptors (Lipinski definition) is 7. The van der Waals surface area contributed by atoms with Crippen molar-refractivity contribution in [2.75, 3.05) is 17.2 Å². The zero-order chi connectivity index (χ0) is 17.0. The van der Waals surface area contributed by atoms with Crippen LogP contribution in [0.3, 0.4) is 0 Å². The van der Waals surface area contributed by atoms with Gasteiger partial charge in [0.2, 0.25) is 5.95 Å². The first-order chi connectivity index (χ1) is 11.0. The predicted octanol–water partition coefficient (Wildman–Crippen LogP) is 2.14. The molecule has 7 N–H and O–H groups in total. The molecule has 0 aliphatic carbocycles. The minimum absolute atomic E-state index is 0.0982. The first-order valence-electron chi connectivity index (χ1n) is 7.89. The normalized spacial score (nSPS) is 14.7. The molecule has 1 aliphatic heterocycles. The molecule has 0 saturated carbocycles. The van der Waals surface area contributed by atoms with Crippen LogP contribution in [0, 0.1) is 0 Å². The summed E-state index contributed by atoms with van der Waals surface area (Å²) in [7, 11) is 0. The minimum atomic E-state index is 0.0982. The molecule has 0 aromatic carbocycles. The Morgan fingerprint density at radius 3 is 2.22 bits per heavy atom. The van der Waals surface area contributed by atoms with Crippen LogP contribution in [0.1, 0.15) is 45.1 Å². The van der Waals surface area contributed by atoms with Gasteiger partial charge in [0.15, 0.2) is 0 Å². The number of aromatic nitrogens is 2. The smallest absolute Gasteiger partial charge is 0.223 e. The van der Waals surface area contributed by atoms with Gasteiger partial charge in [-0.15, -0.1) is 0 Å². The monoisotopic (exact) mass is 315 g/mol. The Balaban J connectivity index is 2.27. The van der Waals surface area contributed by atoms with E-state index in [1.54, 1.807) is 0 Å². The summed E-state index contributed by atoms with van der Waals surface area (Å²) in [5.41, 5.74) is 21.6. The van der Waals surface area contributed by atoms with Crippen molar-refractivity contribution in [1.82, 2.24) is 15.3 Å². The highest BCUT2D eigenvalue weighted by Crippen LogP contribution is 2.26. The van der Waals surface area contributed by atoms with Gasteiger partial charge in [0, 0.05) is 17.0 Å². The van der Waals surface area contributed by atoms with Crippen LogP contribution in [0.5, 0.6) is 0 Å². The lowest BCUT2D eigenvalue weighted by Gasteiger charge is -2.23. The van der Waals surface area contributed by atoms with Crippen LogP contribution in [0.15, 0.2) is 28.7 Å². The average Bonchev–Trinajstić information content (AvgIpc) is 2.47. The van der Waals surface area contributed by atoms with Crippen LogP contribution in [0.25, 0.3) is 0 Å². The molecule has 0 atom stereocenters. The number of nitrogens with two attached hydrogens (primary N) is 3. The van der Waals surface area contributed by atoms with E-state index in [0.29, 0.717) is 23.9 Å². The lowest BCUT2D eigenvalue weighted by molar-refractivity contribution is 0.768. The lowest BCUT2D eigenvalue weighted by atomic mass is 9.95. The van der Waals surface area contributed by atoms with Crippen molar-refractivity contribution in [3.63, 3.8) is 0 Å². The quantitative estimate of drug-likeness (QED) is 0.636. The molecule has 7 heteroatoms. The second kappa shape index (κ2) is 7.13. The number of hydrogen-bond donors (Lipinski definition) is 4. The molecular formula is C16H25N7. The van der Waals surface area contributed by atoms with Gasteiger partial charge in [0.1, 0.15) is 17.5 Å². The molecule has 0 bridgehead atoms. The maximum Gasteiger partial charge on any atom is 0.223 e. The zero-order valence-electron chi connectivity index (χ0n) is 13.8. The van der Waals surface area contributed by atoms with Crippen LogP contribution in [0.4, 0.5) is 17.6 Å². The molecule has 7 nitrogen and oxygen atoms in total. The maximum atomic E-state index is 5.93. The highest BCUT2D eigenvalue weighted by atomic mass is 15.1. The second-order valence-electron chi connectivity index (χ2n) is 5.52. The Morgan fingerprint density at radius 2 is 1.65 bits per heavy atom. The summed E-state index contributed by atoms with van der Waals surface area (Å²) in [6.45, 7) is 8.17. The van der Waals surface area contributed by atoms with E-state index in [1.807, 2.05) is 0 Å². The molecule has 0 spiro atoms.